The zero-order valence-corrected chi connectivity index (χ0v) is 18.9. The van der Waals surface area contributed by atoms with Crippen molar-refractivity contribution in [1.82, 2.24) is 20.5 Å². The third-order valence-corrected chi connectivity index (χ3v) is 3.90. The topological polar surface area (TPSA) is 88.1 Å². The van der Waals surface area contributed by atoms with Gasteiger partial charge in [0.25, 0.3) is 0 Å². The number of aliphatic imine (C=N–C) groups is 1. The molecule has 1 unspecified atom stereocenters. The molecule has 0 aromatic carbocycles. The van der Waals surface area contributed by atoms with Gasteiger partial charge in [-0.25, -0.2) is 9.78 Å². The summed E-state index contributed by atoms with van der Waals surface area (Å²) >= 11 is 0. The highest BCUT2D eigenvalue weighted by Crippen LogP contribution is 2.15. The minimum Gasteiger partial charge on any atom is -0.481 e. The quantitative estimate of drug-likeness (QED) is 0.382. The summed E-state index contributed by atoms with van der Waals surface area (Å²) in [5.74, 6) is 1.38. The highest BCUT2D eigenvalue weighted by atomic mass is 127. The number of ether oxygens (including phenoxy) is 2. The molecule has 1 fully saturated rings. The normalized spacial score (nSPS) is 17.1. The summed E-state index contributed by atoms with van der Waals surface area (Å²) in [6.07, 6.45) is 2.16. The van der Waals surface area contributed by atoms with Gasteiger partial charge in [-0.05, 0) is 33.3 Å². The van der Waals surface area contributed by atoms with Crippen molar-refractivity contribution in [3.05, 3.63) is 23.9 Å². The first-order chi connectivity index (χ1) is 12.3. The molecule has 1 aliphatic heterocycles. The van der Waals surface area contributed by atoms with Crippen molar-refractivity contribution in [2.24, 2.45) is 4.99 Å². The Hall–Kier alpha value is -1.78. The van der Waals surface area contributed by atoms with E-state index in [0.29, 0.717) is 19.0 Å². The van der Waals surface area contributed by atoms with Gasteiger partial charge < -0.3 is 25.0 Å². The van der Waals surface area contributed by atoms with Gasteiger partial charge in [-0.2, -0.15) is 0 Å². The lowest BCUT2D eigenvalue weighted by Gasteiger charge is -2.23. The number of methoxy groups -OCH3 is 1. The Kier molecular flexibility index (Phi) is 9.07. The average Bonchev–Trinajstić information content (AvgIpc) is 3.02. The maximum absolute atomic E-state index is 11.9. The van der Waals surface area contributed by atoms with Crippen LogP contribution in [0.3, 0.4) is 0 Å². The van der Waals surface area contributed by atoms with E-state index in [1.807, 2.05) is 32.9 Å². The van der Waals surface area contributed by atoms with E-state index in [2.05, 4.69) is 25.5 Å². The highest BCUT2D eigenvalue weighted by molar-refractivity contribution is 14.0. The zero-order chi connectivity index (χ0) is 19.2. The molecule has 0 aliphatic carbocycles. The number of nitrogens with zero attached hydrogens (tertiary/aromatic N) is 3. The molecule has 27 heavy (non-hydrogen) atoms. The van der Waals surface area contributed by atoms with Crippen LogP contribution in [-0.2, 0) is 11.3 Å². The predicted octanol–water partition coefficient (Wildman–Crippen LogP) is 2.38. The lowest BCUT2D eigenvalue weighted by Crippen LogP contribution is -2.44. The second kappa shape index (κ2) is 10.5. The molecule has 1 aromatic heterocycles. The summed E-state index contributed by atoms with van der Waals surface area (Å²) in [6.45, 7) is 7.61. The lowest BCUT2D eigenvalue weighted by atomic mass is 10.2. The number of alkyl carbamates (subject to hydrolysis) is 1. The number of carbonyl (C=O) groups excluding carboxylic acids is 1. The molecule has 0 spiro atoms. The van der Waals surface area contributed by atoms with Gasteiger partial charge in [0.05, 0.1) is 13.2 Å². The second-order valence-electron chi connectivity index (χ2n) is 7.15. The monoisotopic (exact) mass is 491 g/mol. The van der Waals surface area contributed by atoms with E-state index in [-0.39, 0.29) is 36.1 Å². The fraction of sp³-hybridized carbons (Fsp3) is 0.611. The first-order valence-electron chi connectivity index (χ1n) is 8.75. The Bertz CT molecular complexity index is 648. The minimum atomic E-state index is -0.497. The van der Waals surface area contributed by atoms with Gasteiger partial charge in [0, 0.05) is 38.4 Å². The molecule has 0 radical (unpaired) electrons. The minimum absolute atomic E-state index is 0. The molecule has 152 valence electrons. The number of likely N-dealkylation sites (tertiary alicyclic amines) is 1. The second-order valence-corrected chi connectivity index (χ2v) is 7.15. The summed E-state index contributed by atoms with van der Waals surface area (Å²) in [5, 5.41) is 6.25. The fourth-order valence-corrected chi connectivity index (χ4v) is 2.79. The molecule has 1 atom stereocenters. The Balaban J connectivity index is 0.00000364. The molecular formula is C18H30IN5O3. The van der Waals surface area contributed by atoms with E-state index in [9.17, 15) is 4.79 Å². The Morgan fingerprint density at radius 3 is 2.81 bits per heavy atom. The van der Waals surface area contributed by atoms with Gasteiger partial charge in [0.1, 0.15) is 5.60 Å². The van der Waals surface area contributed by atoms with Crippen LogP contribution in [-0.4, -0.2) is 60.8 Å². The molecule has 0 saturated carbocycles. The van der Waals surface area contributed by atoms with Crippen LogP contribution in [0.2, 0.25) is 0 Å². The largest absolute Gasteiger partial charge is 0.481 e. The van der Waals surface area contributed by atoms with Crippen LogP contribution in [0.5, 0.6) is 5.88 Å². The maximum atomic E-state index is 11.9. The Morgan fingerprint density at radius 1 is 1.44 bits per heavy atom. The molecule has 1 aliphatic rings. The number of nitrogens with one attached hydrogen (secondary N) is 2. The van der Waals surface area contributed by atoms with Crippen LogP contribution in [0, 0.1) is 0 Å². The van der Waals surface area contributed by atoms with Crippen LogP contribution in [0.1, 0.15) is 32.8 Å². The SMILES string of the molecule is CN=C(NCc1cccnc1OC)N1CCC(NC(=O)OC(C)(C)C)C1.I. The molecule has 2 heterocycles. The summed E-state index contributed by atoms with van der Waals surface area (Å²) < 4.78 is 10.6. The first kappa shape index (κ1) is 23.3. The van der Waals surface area contributed by atoms with Crippen molar-refractivity contribution >= 4 is 36.0 Å². The molecule has 0 bridgehead atoms. The summed E-state index contributed by atoms with van der Waals surface area (Å²) in [4.78, 5) is 22.6. The number of aromatic nitrogens is 1. The maximum Gasteiger partial charge on any atom is 0.407 e. The Morgan fingerprint density at radius 2 is 2.19 bits per heavy atom. The van der Waals surface area contributed by atoms with Crippen LogP contribution in [0.25, 0.3) is 0 Å². The van der Waals surface area contributed by atoms with Crippen molar-refractivity contribution in [3.8, 4) is 5.88 Å². The van der Waals surface area contributed by atoms with Gasteiger partial charge in [-0.15, -0.1) is 24.0 Å². The number of hydrogen-bond acceptors (Lipinski definition) is 5. The molecule has 1 saturated heterocycles. The van der Waals surface area contributed by atoms with E-state index in [1.54, 1.807) is 20.4 Å². The van der Waals surface area contributed by atoms with Gasteiger partial charge in [0.2, 0.25) is 5.88 Å². The van der Waals surface area contributed by atoms with Gasteiger partial charge >= 0.3 is 6.09 Å². The summed E-state index contributed by atoms with van der Waals surface area (Å²) in [5.41, 5.74) is 0.460. The van der Waals surface area contributed by atoms with Crippen LogP contribution < -0.4 is 15.4 Å². The lowest BCUT2D eigenvalue weighted by molar-refractivity contribution is 0.0507. The van der Waals surface area contributed by atoms with Gasteiger partial charge in [-0.3, -0.25) is 4.99 Å². The smallest absolute Gasteiger partial charge is 0.407 e. The Labute approximate surface area is 178 Å². The van der Waals surface area contributed by atoms with Crippen LogP contribution in [0.15, 0.2) is 23.3 Å². The summed E-state index contributed by atoms with van der Waals surface area (Å²) in [6, 6.07) is 3.87. The third-order valence-electron chi connectivity index (χ3n) is 3.90. The van der Waals surface area contributed by atoms with Crippen LogP contribution >= 0.6 is 24.0 Å². The van der Waals surface area contributed by atoms with Gasteiger partial charge in [-0.1, -0.05) is 6.07 Å². The van der Waals surface area contributed by atoms with Crippen molar-refractivity contribution in [1.29, 1.82) is 0 Å². The van der Waals surface area contributed by atoms with Crippen LogP contribution in [0.4, 0.5) is 4.79 Å². The summed E-state index contributed by atoms with van der Waals surface area (Å²) in [7, 11) is 3.35. The third kappa shape index (κ3) is 7.39. The van der Waals surface area contributed by atoms with Gasteiger partial charge in [0.15, 0.2) is 5.96 Å². The van der Waals surface area contributed by atoms with E-state index < -0.39 is 5.60 Å². The molecule has 1 aromatic rings. The van der Waals surface area contributed by atoms with E-state index >= 15 is 0 Å². The predicted molar refractivity (Wildman–Crippen MR) is 116 cm³/mol. The standard InChI is InChI=1S/C18H29N5O3.HI/c1-18(2,3)26-17(24)22-14-8-10-23(12-14)16(19-4)21-11-13-7-6-9-20-15(13)25-5;/h6-7,9,14H,8,10-12H2,1-5H3,(H,19,21)(H,22,24);1H. The molecule has 1 amide bonds. The molecule has 2 rings (SSSR count). The highest BCUT2D eigenvalue weighted by Gasteiger charge is 2.27. The van der Waals surface area contributed by atoms with Crippen molar-refractivity contribution in [2.45, 2.75) is 45.4 Å². The molecule has 2 N–H and O–H groups in total. The number of pyridine rings is 1. The van der Waals surface area contributed by atoms with E-state index in [0.717, 1.165) is 24.5 Å². The number of carbonyl (C=O) groups is 1. The fourth-order valence-electron chi connectivity index (χ4n) is 2.79. The number of guanidine groups is 1. The number of hydrogen-bond donors (Lipinski definition) is 2. The number of rotatable bonds is 4. The zero-order valence-electron chi connectivity index (χ0n) is 16.6. The number of halogens is 1. The molecule has 8 nitrogen and oxygen atoms in total. The van der Waals surface area contributed by atoms with E-state index in [4.69, 9.17) is 9.47 Å². The van der Waals surface area contributed by atoms with E-state index in [1.165, 1.54) is 0 Å². The molecular weight excluding hydrogens is 461 g/mol. The first-order valence-corrected chi connectivity index (χ1v) is 8.75. The van der Waals surface area contributed by atoms with Crippen molar-refractivity contribution < 1.29 is 14.3 Å². The van der Waals surface area contributed by atoms with Crippen molar-refractivity contribution in [3.63, 3.8) is 0 Å². The average molecular weight is 491 g/mol. The number of amides is 1. The van der Waals surface area contributed by atoms with Crippen molar-refractivity contribution in [2.75, 3.05) is 27.2 Å². The molecule has 9 heteroatoms.